The van der Waals surface area contributed by atoms with Gasteiger partial charge in [0, 0.05) is 26.7 Å². The van der Waals surface area contributed by atoms with Crippen LogP contribution >= 0.6 is 0 Å². The van der Waals surface area contributed by atoms with Crippen molar-refractivity contribution in [2.45, 2.75) is 19.9 Å². The van der Waals surface area contributed by atoms with E-state index >= 15 is 0 Å². The van der Waals surface area contributed by atoms with Gasteiger partial charge in [-0.15, -0.1) is 0 Å². The maximum atomic E-state index is 9.50. The molecule has 0 atom stereocenters. The highest BCUT2D eigenvalue weighted by molar-refractivity contribution is 5.79. The van der Waals surface area contributed by atoms with Gasteiger partial charge in [0.1, 0.15) is 5.75 Å². The highest BCUT2D eigenvalue weighted by Gasteiger charge is 2.06. The zero-order valence-electron chi connectivity index (χ0n) is 13.9. The van der Waals surface area contributed by atoms with Gasteiger partial charge in [-0.1, -0.05) is 42.5 Å². The molecule has 0 aromatic heterocycles. The topological polar surface area (TPSA) is 47.9 Å². The summed E-state index contributed by atoms with van der Waals surface area (Å²) in [5, 5.41) is 12.8. The molecule has 0 bridgehead atoms. The molecule has 2 aromatic rings. The standard InChI is InChI=1S/C19H25N3O/c1-3-20-19(22(2)15-17-8-5-4-6-9-17)21-13-12-16-10-7-11-18(23)14-16/h4-11,14,23H,3,12-13,15H2,1-2H3,(H,20,21). The van der Waals surface area contributed by atoms with Gasteiger partial charge >= 0.3 is 0 Å². The molecule has 0 aliphatic carbocycles. The first-order chi connectivity index (χ1) is 11.2. The molecule has 4 nitrogen and oxygen atoms in total. The van der Waals surface area contributed by atoms with E-state index in [9.17, 15) is 5.11 Å². The maximum Gasteiger partial charge on any atom is 0.193 e. The van der Waals surface area contributed by atoms with Crippen molar-refractivity contribution in [3.63, 3.8) is 0 Å². The van der Waals surface area contributed by atoms with E-state index in [-0.39, 0.29) is 0 Å². The summed E-state index contributed by atoms with van der Waals surface area (Å²) >= 11 is 0. The quantitative estimate of drug-likeness (QED) is 0.637. The average Bonchev–Trinajstić information content (AvgIpc) is 2.55. The molecule has 2 aromatic carbocycles. The Bertz CT molecular complexity index is 626. The summed E-state index contributed by atoms with van der Waals surface area (Å²) in [6.45, 7) is 4.41. The van der Waals surface area contributed by atoms with E-state index < -0.39 is 0 Å². The van der Waals surface area contributed by atoms with E-state index in [0.717, 1.165) is 31.0 Å². The summed E-state index contributed by atoms with van der Waals surface area (Å²) in [5.74, 6) is 1.20. The molecule has 0 amide bonds. The second-order valence-electron chi connectivity index (χ2n) is 5.50. The van der Waals surface area contributed by atoms with Crippen LogP contribution in [0.1, 0.15) is 18.1 Å². The first-order valence-corrected chi connectivity index (χ1v) is 8.00. The molecule has 2 rings (SSSR count). The van der Waals surface area contributed by atoms with Crippen LogP contribution in [0.4, 0.5) is 0 Å². The van der Waals surface area contributed by atoms with Crippen LogP contribution in [0.25, 0.3) is 0 Å². The highest BCUT2D eigenvalue weighted by atomic mass is 16.3. The Labute approximate surface area is 138 Å². The lowest BCUT2D eigenvalue weighted by Crippen LogP contribution is -2.38. The van der Waals surface area contributed by atoms with Crippen LogP contribution in [0.3, 0.4) is 0 Å². The van der Waals surface area contributed by atoms with Gasteiger partial charge in [0.2, 0.25) is 0 Å². The molecule has 0 heterocycles. The van der Waals surface area contributed by atoms with Gasteiger partial charge in [-0.3, -0.25) is 4.99 Å². The molecule has 0 radical (unpaired) electrons. The van der Waals surface area contributed by atoms with Crippen molar-refractivity contribution in [3.8, 4) is 5.75 Å². The van der Waals surface area contributed by atoms with Crippen LogP contribution in [-0.4, -0.2) is 36.1 Å². The maximum absolute atomic E-state index is 9.50. The van der Waals surface area contributed by atoms with Crippen molar-refractivity contribution in [3.05, 3.63) is 65.7 Å². The third-order valence-electron chi connectivity index (χ3n) is 3.53. The molecule has 0 saturated carbocycles. The molecule has 2 N–H and O–H groups in total. The summed E-state index contributed by atoms with van der Waals surface area (Å²) in [6.07, 6.45) is 0.808. The van der Waals surface area contributed by atoms with E-state index in [1.54, 1.807) is 12.1 Å². The number of nitrogens with one attached hydrogen (secondary N) is 1. The number of guanidine groups is 1. The van der Waals surface area contributed by atoms with E-state index in [1.807, 2.05) is 25.2 Å². The number of rotatable bonds is 6. The first-order valence-electron chi connectivity index (χ1n) is 8.00. The SMILES string of the molecule is CCNC(=NCCc1cccc(O)c1)N(C)Cc1ccccc1. The van der Waals surface area contributed by atoms with Gasteiger partial charge in [0.25, 0.3) is 0 Å². The molecule has 122 valence electrons. The van der Waals surface area contributed by atoms with Gasteiger partial charge in [0.15, 0.2) is 5.96 Å². The fourth-order valence-corrected chi connectivity index (χ4v) is 2.40. The molecule has 0 saturated heterocycles. The minimum atomic E-state index is 0.305. The number of aromatic hydroxyl groups is 1. The largest absolute Gasteiger partial charge is 0.508 e. The second kappa shape index (κ2) is 8.83. The van der Waals surface area contributed by atoms with E-state index in [4.69, 9.17) is 0 Å². The Morgan fingerprint density at radius 2 is 1.83 bits per heavy atom. The van der Waals surface area contributed by atoms with Gasteiger partial charge in [-0.2, -0.15) is 0 Å². The summed E-state index contributed by atoms with van der Waals surface area (Å²) < 4.78 is 0. The molecule has 0 aliphatic rings. The van der Waals surface area contributed by atoms with Crippen molar-refractivity contribution in [2.24, 2.45) is 4.99 Å². The molecule has 0 unspecified atom stereocenters. The highest BCUT2D eigenvalue weighted by Crippen LogP contribution is 2.11. The van der Waals surface area contributed by atoms with Crippen LogP contribution in [0.15, 0.2) is 59.6 Å². The molecule has 0 aliphatic heterocycles. The lowest BCUT2D eigenvalue weighted by atomic mass is 10.1. The van der Waals surface area contributed by atoms with Crippen molar-refractivity contribution in [1.82, 2.24) is 10.2 Å². The number of phenolic OH excluding ortho intramolecular Hbond substituents is 1. The summed E-state index contributed by atoms with van der Waals surface area (Å²) in [5.41, 5.74) is 2.35. The normalized spacial score (nSPS) is 11.3. The number of hydrogen-bond donors (Lipinski definition) is 2. The molecule has 23 heavy (non-hydrogen) atoms. The molecular weight excluding hydrogens is 286 g/mol. The third kappa shape index (κ3) is 5.66. The lowest BCUT2D eigenvalue weighted by Gasteiger charge is -2.22. The fourth-order valence-electron chi connectivity index (χ4n) is 2.40. The van der Waals surface area contributed by atoms with Crippen LogP contribution in [-0.2, 0) is 13.0 Å². The summed E-state index contributed by atoms with van der Waals surface area (Å²) in [6, 6.07) is 17.7. The number of benzene rings is 2. The van der Waals surface area contributed by atoms with Crippen molar-refractivity contribution in [1.29, 1.82) is 0 Å². The van der Waals surface area contributed by atoms with Crippen molar-refractivity contribution < 1.29 is 5.11 Å². The van der Waals surface area contributed by atoms with E-state index in [0.29, 0.717) is 12.3 Å². The Morgan fingerprint density at radius 1 is 1.09 bits per heavy atom. The third-order valence-corrected chi connectivity index (χ3v) is 3.53. The monoisotopic (exact) mass is 311 g/mol. The zero-order chi connectivity index (χ0) is 16.5. The average molecular weight is 311 g/mol. The van der Waals surface area contributed by atoms with E-state index in [2.05, 4.69) is 46.4 Å². The Kier molecular flexibility index (Phi) is 6.48. The van der Waals surface area contributed by atoms with Gasteiger partial charge in [-0.25, -0.2) is 0 Å². The number of aliphatic imine (C=N–C) groups is 1. The lowest BCUT2D eigenvalue weighted by molar-refractivity contribution is 0.474. The molecular formula is C19H25N3O. The van der Waals surface area contributed by atoms with Crippen LogP contribution in [0, 0.1) is 0 Å². The number of nitrogens with zero attached hydrogens (tertiary/aromatic N) is 2. The van der Waals surface area contributed by atoms with Crippen LogP contribution < -0.4 is 5.32 Å². The summed E-state index contributed by atoms with van der Waals surface area (Å²) in [7, 11) is 2.04. The van der Waals surface area contributed by atoms with Gasteiger partial charge < -0.3 is 15.3 Å². The van der Waals surface area contributed by atoms with Gasteiger partial charge in [0.05, 0.1) is 0 Å². The second-order valence-corrected chi connectivity index (χ2v) is 5.50. The molecule has 0 spiro atoms. The Morgan fingerprint density at radius 3 is 2.52 bits per heavy atom. The van der Waals surface area contributed by atoms with E-state index in [1.165, 1.54) is 5.56 Å². The first kappa shape index (κ1) is 16.9. The molecule has 0 fully saturated rings. The predicted octanol–water partition coefficient (Wildman–Crippen LogP) is 3.03. The minimum absolute atomic E-state index is 0.305. The Balaban J connectivity index is 1.96. The van der Waals surface area contributed by atoms with Crippen molar-refractivity contribution >= 4 is 5.96 Å². The smallest absolute Gasteiger partial charge is 0.193 e. The number of phenols is 1. The van der Waals surface area contributed by atoms with Crippen LogP contribution in [0.5, 0.6) is 5.75 Å². The number of hydrogen-bond acceptors (Lipinski definition) is 2. The summed E-state index contributed by atoms with van der Waals surface area (Å²) in [4.78, 5) is 6.81. The zero-order valence-corrected chi connectivity index (χ0v) is 13.9. The predicted molar refractivity (Wildman–Crippen MR) is 95.7 cm³/mol. The molecule has 4 heteroatoms. The Hall–Kier alpha value is -2.49. The van der Waals surface area contributed by atoms with Crippen molar-refractivity contribution in [2.75, 3.05) is 20.1 Å². The van der Waals surface area contributed by atoms with Crippen LogP contribution in [0.2, 0.25) is 0 Å². The van der Waals surface area contributed by atoms with Gasteiger partial charge in [-0.05, 0) is 36.6 Å². The fraction of sp³-hybridized carbons (Fsp3) is 0.316. The minimum Gasteiger partial charge on any atom is -0.508 e.